The summed E-state index contributed by atoms with van der Waals surface area (Å²) in [5, 5.41) is 6.79. The molecule has 0 bridgehead atoms. The number of carbonyl (C=O) groups excluding carboxylic acids is 1. The molecule has 2 rings (SSSR count). The van der Waals surface area contributed by atoms with Crippen molar-refractivity contribution in [3.05, 3.63) is 40.8 Å². The first-order valence-corrected chi connectivity index (χ1v) is 4.90. The molecule has 1 aromatic carbocycles. The number of halogens is 1. The lowest BCUT2D eigenvalue weighted by atomic mass is 10.0. The summed E-state index contributed by atoms with van der Waals surface area (Å²) in [5.41, 5.74) is 3.08. The number of benzene rings is 1. The number of aromatic nitrogens is 2. The minimum absolute atomic E-state index is 0.260. The van der Waals surface area contributed by atoms with E-state index in [1.807, 2.05) is 0 Å². The van der Waals surface area contributed by atoms with Crippen LogP contribution in [0.2, 0.25) is 0 Å². The van der Waals surface area contributed by atoms with Gasteiger partial charge in [0.05, 0.1) is 5.56 Å². The fourth-order valence-electron chi connectivity index (χ4n) is 1.59. The number of nitrogens with one attached hydrogen (secondary N) is 1. The molecule has 1 N–H and O–H groups in total. The molecule has 16 heavy (non-hydrogen) atoms. The summed E-state index contributed by atoms with van der Waals surface area (Å²) < 4.78 is 13.1. The Labute approximate surface area is 92.3 Å². The second-order valence-corrected chi connectivity index (χ2v) is 3.69. The fraction of sp³-hybridized carbons (Fsp3) is 0.167. The number of carbonyl (C=O) groups is 1. The topological polar surface area (TPSA) is 45.8 Å². The van der Waals surface area contributed by atoms with Crippen molar-refractivity contribution < 1.29 is 9.18 Å². The van der Waals surface area contributed by atoms with Crippen LogP contribution in [0.4, 0.5) is 4.39 Å². The van der Waals surface area contributed by atoms with Crippen molar-refractivity contribution in [3.8, 4) is 11.3 Å². The monoisotopic (exact) mass is 218 g/mol. The number of aromatic amines is 1. The van der Waals surface area contributed by atoms with Crippen LogP contribution in [-0.2, 0) is 0 Å². The molecular weight excluding hydrogens is 207 g/mol. The second-order valence-electron chi connectivity index (χ2n) is 3.69. The fourth-order valence-corrected chi connectivity index (χ4v) is 1.59. The molecule has 0 unspecified atom stereocenters. The molecule has 82 valence electrons. The summed E-state index contributed by atoms with van der Waals surface area (Å²) >= 11 is 0. The first-order chi connectivity index (χ1) is 7.63. The predicted octanol–water partition coefficient (Wildman–Crippen LogP) is 2.65. The van der Waals surface area contributed by atoms with E-state index in [1.165, 1.54) is 6.07 Å². The Kier molecular flexibility index (Phi) is 2.56. The Morgan fingerprint density at radius 1 is 1.38 bits per heavy atom. The summed E-state index contributed by atoms with van der Waals surface area (Å²) in [6.07, 6.45) is 0.757. The van der Waals surface area contributed by atoms with Crippen LogP contribution in [0.5, 0.6) is 0 Å². The largest absolute Gasteiger partial charge is 0.298 e. The Hall–Kier alpha value is -1.97. The summed E-state index contributed by atoms with van der Waals surface area (Å²) in [4.78, 5) is 10.9. The first kappa shape index (κ1) is 10.5. The van der Waals surface area contributed by atoms with Gasteiger partial charge in [0.15, 0.2) is 6.29 Å². The highest BCUT2D eigenvalue weighted by atomic mass is 19.1. The third kappa shape index (κ3) is 1.62. The van der Waals surface area contributed by atoms with E-state index in [0.29, 0.717) is 22.5 Å². The van der Waals surface area contributed by atoms with Gasteiger partial charge < -0.3 is 0 Å². The van der Waals surface area contributed by atoms with E-state index in [2.05, 4.69) is 10.2 Å². The van der Waals surface area contributed by atoms with Crippen molar-refractivity contribution in [1.82, 2.24) is 10.2 Å². The van der Waals surface area contributed by atoms with Crippen molar-refractivity contribution in [2.45, 2.75) is 13.8 Å². The maximum absolute atomic E-state index is 13.1. The molecule has 0 saturated carbocycles. The van der Waals surface area contributed by atoms with Crippen LogP contribution < -0.4 is 0 Å². The van der Waals surface area contributed by atoms with Crippen LogP contribution in [0.1, 0.15) is 21.6 Å². The Morgan fingerprint density at radius 3 is 2.75 bits per heavy atom. The van der Waals surface area contributed by atoms with Crippen molar-refractivity contribution in [3.63, 3.8) is 0 Å². The molecule has 2 aromatic rings. The number of hydrogen-bond acceptors (Lipinski definition) is 2. The number of aryl methyl sites for hydroxylation is 2. The Morgan fingerprint density at radius 2 is 2.12 bits per heavy atom. The number of rotatable bonds is 2. The van der Waals surface area contributed by atoms with Crippen LogP contribution in [0.3, 0.4) is 0 Å². The van der Waals surface area contributed by atoms with Gasteiger partial charge in [0.25, 0.3) is 0 Å². The van der Waals surface area contributed by atoms with Gasteiger partial charge in [-0.3, -0.25) is 9.89 Å². The van der Waals surface area contributed by atoms with Crippen LogP contribution >= 0.6 is 0 Å². The second kappa shape index (κ2) is 3.89. The van der Waals surface area contributed by atoms with Gasteiger partial charge in [-0.25, -0.2) is 4.39 Å². The molecule has 1 aromatic heterocycles. The summed E-state index contributed by atoms with van der Waals surface area (Å²) in [6.45, 7) is 3.45. The molecule has 0 spiro atoms. The van der Waals surface area contributed by atoms with Gasteiger partial charge in [-0.1, -0.05) is 0 Å². The number of nitrogens with zero attached hydrogens (tertiary/aromatic N) is 1. The van der Waals surface area contributed by atoms with E-state index < -0.39 is 0 Å². The number of H-pyrrole nitrogens is 1. The zero-order valence-electron chi connectivity index (χ0n) is 9.04. The molecule has 0 aliphatic rings. The molecule has 1 heterocycles. The average molecular weight is 218 g/mol. The van der Waals surface area contributed by atoms with Gasteiger partial charge in [-0.2, -0.15) is 5.10 Å². The van der Waals surface area contributed by atoms with Crippen molar-refractivity contribution in [2.75, 3.05) is 0 Å². The van der Waals surface area contributed by atoms with E-state index in [4.69, 9.17) is 0 Å². The van der Waals surface area contributed by atoms with Crippen LogP contribution in [0.15, 0.2) is 18.2 Å². The van der Waals surface area contributed by atoms with E-state index in [0.717, 1.165) is 11.8 Å². The van der Waals surface area contributed by atoms with E-state index in [1.54, 1.807) is 26.0 Å². The Balaban J connectivity index is 2.58. The van der Waals surface area contributed by atoms with Gasteiger partial charge >= 0.3 is 0 Å². The van der Waals surface area contributed by atoms with Gasteiger partial charge in [0.2, 0.25) is 0 Å². The third-order valence-electron chi connectivity index (χ3n) is 2.54. The van der Waals surface area contributed by atoms with Crippen molar-refractivity contribution in [2.24, 2.45) is 0 Å². The quantitative estimate of drug-likeness (QED) is 0.787. The zero-order valence-corrected chi connectivity index (χ0v) is 9.04. The normalized spacial score (nSPS) is 10.4. The summed E-state index contributed by atoms with van der Waals surface area (Å²) in [6, 6.07) is 4.67. The van der Waals surface area contributed by atoms with Crippen LogP contribution in [0.25, 0.3) is 11.3 Å². The van der Waals surface area contributed by atoms with E-state index in [-0.39, 0.29) is 5.82 Å². The molecule has 3 nitrogen and oxygen atoms in total. The first-order valence-electron chi connectivity index (χ1n) is 4.90. The molecule has 4 heteroatoms. The van der Waals surface area contributed by atoms with Gasteiger partial charge in [-0.15, -0.1) is 0 Å². The standard InChI is InChI=1S/C12H11FN2O/c1-7-5-9(3-4-11(7)13)12-10(6-16)8(2)14-15-12/h3-6H,1-2H3,(H,14,15). The average Bonchev–Trinajstić information content (AvgIpc) is 2.63. The lowest BCUT2D eigenvalue weighted by Crippen LogP contribution is -1.88. The van der Waals surface area contributed by atoms with E-state index >= 15 is 0 Å². The number of aldehydes is 1. The molecule has 0 saturated heterocycles. The smallest absolute Gasteiger partial charge is 0.154 e. The van der Waals surface area contributed by atoms with E-state index in [9.17, 15) is 9.18 Å². The molecule has 0 radical (unpaired) electrons. The number of hydrogen-bond donors (Lipinski definition) is 1. The maximum atomic E-state index is 13.1. The minimum Gasteiger partial charge on any atom is -0.298 e. The van der Waals surface area contributed by atoms with Gasteiger partial charge in [-0.05, 0) is 37.6 Å². The van der Waals surface area contributed by atoms with Crippen molar-refractivity contribution >= 4 is 6.29 Å². The predicted molar refractivity (Wildman–Crippen MR) is 58.8 cm³/mol. The highest BCUT2D eigenvalue weighted by Crippen LogP contribution is 2.23. The zero-order chi connectivity index (χ0) is 11.7. The lowest BCUT2D eigenvalue weighted by Gasteiger charge is -2.01. The molecular formula is C12H11FN2O. The minimum atomic E-state index is -0.260. The summed E-state index contributed by atoms with van der Waals surface area (Å²) in [5.74, 6) is -0.260. The highest BCUT2D eigenvalue weighted by molar-refractivity contribution is 5.87. The molecule has 0 fully saturated rings. The van der Waals surface area contributed by atoms with Crippen LogP contribution in [0, 0.1) is 19.7 Å². The van der Waals surface area contributed by atoms with Gasteiger partial charge in [0, 0.05) is 11.3 Å². The maximum Gasteiger partial charge on any atom is 0.154 e. The third-order valence-corrected chi connectivity index (χ3v) is 2.54. The molecule has 0 atom stereocenters. The molecule has 0 amide bonds. The van der Waals surface area contributed by atoms with Gasteiger partial charge in [0.1, 0.15) is 11.5 Å². The summed E-state index contributed by atoms with van der Waals surface area (Å²) in [7, 11) is 0. The molecule has 0 aliphatic carbocycles. The van der Waals surface area contributed by atoms with Crippen molar-refractivity contribution in [1.29, 1.82) is 0 Å². The molecule has 0 aliphatic heterocycles. The lowest BCUT2D eigenvalue weighted by molar-refractivity contribution is 0.112. The SMILES string of the molecule is Cc1cc(-c2n[nH]c(C)c2C=O)ccc1F. The Bertz CT molecular complexity index is 546. The highest BCUT2D eigenvalue weighted by Gasteiger charge is 2.12. The van der Waals surface area contributed by atoms with Crippen LogP contribution in [-0.4, -0.2) is 16.5 Å².